The summed E-state index contributed by atoms with van der Waals surface area (Å²) in [5.74, 6) is -0.724. The Bertz CT molecular complexity index is 514. The summed E-state index contributed by atoms with van der Waals surface area (Å²) in [4.78, 5) is 10.5. The number of nitrogens with zero attached hydrogens (tertiary/aromatic N) is 1. The minimum Gasteiger partial charge on any atom is -0.481 e. The van der Waals surface area contributed by atoms with Crippen molar-refractivity contribution in [3.05, 3.63) is 41.7 Å². The molecule has 0 unspecified atom stereocenters. The topological polar surface area (TPSA) is 41.7 Å². The SMILES string of the molecule is Cc1cc2ccccn2c1CCCC(=O)O. The van der Waals surface area contributed by atoms with Gasteiger partial charge < -0.3 is 9.51 Å². The van der Waals surface area contributed by atoms with Gasteiger partial charge in [0.05, 0.1) is 0 Å². The Labute approximate surface area is 94.3 Å². The molecule has 3 nitrogen and oxygen atoms in total. The van der Waals surface area contributed by atoms with Crippen molar-refractivity contribution in [2.24, 2.45) is 0 Å². The maximum Gasteiger partial charge on any atom is 0.303 e. The van der Waals surface area contributed by atoms with E-state index in [1.807, 2.05) is 18.3 Å². The Balaban J connectivity index is 2.22. The van der Waals surface area contributed by atoms with Crippen LogP contribution in [0.3, 0.4) is 0 Å². The first-order valence-corrected chi connectivity index (χ1v) is 5.46. The molecule has 2 aromatic heterocycles. The van der Waals surface area contributed by atoms with Gasteiger partial charge in [-0.15, -0.1) is 0 Å². The second-order valence-electron chi connectivity index (χ2n) is 4.02. The van der Waals surface area contributed by atoms with Crippen LogP contribution in [0.15, 0.2) is 30.5 Å². The van der Waals surface area contributed by atoms with E-state index in [9.17, 15) is 4.79 Å². The second kappa shape index (κ2) is 4.39. The molecule has 2 aromatic rings. The number of carboxylic acid groups (broad SMARTS) is 1. The molecule has 0 aromatic carbocycles. The van der Waals surface area contributed by atoms with Crippen LogP contribution in [0.2, 0.25) is 0 Å². The van der Waals surface area contributed by atoms with Gasteiger partial charge in [-0.25, -0.2) is 0 Å². The summed E-state index contributed by atoms with van der Waals surface area (Å²) in [6, 6.07) is 8.20. The van der Waals surface area contributed by atoms with E-state index < -0.39 is 5.97 Å². The van der Waals surface area contributed by atoms with Crippen LogP contribution in [0, 0.1) is 6.92 Å². The number of carboxylic acids is 1. The van der Waals surface area contributed by atoms with E-state index in [0.29, 0.717) is 6.42 Å². The third kappa shape index (κ3) is 2.08. The van der Waals surface area contributed by atoms with Crippen LogP contribution in [-0.2, 0) is 11.2 Å². The van der Waals surface area contributed by atoms with Crippen molar-refractivity contribution in [2.75, 3.05) is 0 Å². The molecule has 0 fully saturated rings. The summed E-state index contributed by atoms with van der Waals surface area (Å²) in [6.45, 7) is 2.07. The molecule has 3 heteroatoms. The fourth-order valence-electron chi connectivity index (χ4n) is 2.04. The Morgan fingerprint density at radius 1 is 1.44 bits per heavy atom. The number of pyridine rings is 1. The first kappa shape index (κ1) is 10.7. The minimum atomic E-state index is -0.724. The summed E-state index contributed by atoms with van der Waals surface area (Å²) < 4.78 is 2.14. The zero-order chi connectivity index (χ0) is 11.5. The summed E-state index contributed by atoms with van der Waals surface area (Å²) in [7, 11) is 0. The van der Waals surface area contributed by atoms with Crippen LogP contribution in [0.5, 0.6) is 0 Å². The van der Waals surface area contributed by atoms with Gasteiger partial charge in [-0.05, 0) is 43.5 Å². The Hall–Kier alpha value is -1.77. The van der Waals surface area contributed by atoms with Gasteiger partial charge in [0.25, 0.3) is 0 Å². The molecule has 0 saturated carbocycles. The molecule has 0 spiro atoms. The van der Waals surface area contributed by atoms with Crippen LogP contribution in [0.4, 0.5) is 0 Å². The molecule has 0 aliphatic heterocycles. The molecule has 2 rings (SSSR count). The maximum atomic E-state index is 10.5. The van der Waals surface area contributed by atoms with Crippen molar-refractivity contribution in [1.82, 2.24) is 4.40 Å². The highest BCUT2D eigenvalue weighted by atomic mass is 16.4. The third-order valence-electron chi connectivity index (χ3n) is 2.81. The lowest BCUT2D eigenvalue weighted by Crippen LogP contribution is -1.99. The van der Waals surface area contributed by atoms with E-state index >= 15 is 0 Å². The predicted molar refractivity (Wildman–Crippen MR) is 62.7 cm³/mol. The quantitative estimate of drug-likeness (QED) is 0.855. The van der Waals surface area contributed by atoms with Crippen molar-refractivity contribution >= 4 is 11.5 Å². The Morgan fingerprint density at radius 2 is 2.25 bits per heavy atom. The molecular weight excluding hydrogens is 202 g/mol. The van der Waals surface area contributed by atoms with Crippen molar-refractivity contribution in [3.63, 3.8) is 0 Å². The summed E-state index contributed by atoms with van der Waals surface area (Å²) in [5.41, 5.74) is 3.62. The molecule has 84 valence electrons. The molecule has 0 aliphatic rings. The summed E-state index contributed by atoms with van der Waals surface area (Å²) in [5, 5.41) is 8.62. The lowest BCUT2D eigenvalue weighted by atomic mass is 10.1. The number of carbonyl (C=O) groups is 1. The van der Waals surface area contributed by atoms with Gasteiger partial charge in [-0.2, -0.15) is 0 Å². The van der Waals surface area contributed by atoms with Gasteiger partial charge in [-0.3, -0.25) is 4.79 Å². The fraction of sp³-hybridized carbons (Fsp3) is 0.308. The average Bonchev–Trinajstić information content (AvgIpc) is 2.55. The number of aryl methyl sites for hydroxylation is 2. The maximum absolute atomic E-state index is 10.5. The number of hydrogen-bond acceptors (Lipinski definition) is 1. The number of rotatable bonds is 4. The van der Waals surface area contributed by atoms with Gasteiger partial charge in [-0.1, -0.05) is 6.07 Å². The van der Waals surface area contributed by atoms with E-state index in [1.165, 1.54) is 16.8 Å². The molecule has 0 saturated heterocycles. The van der Waals surface area contributed by atoms with E-state index in [4.69, 9.17) is 5.11 Å². The van der Waals surface area contributed by atoms with Gasteiger partial charge in [0.2, 0.25) is 0 Å². The molecule has 16 heavy (non-hydrogen) atoms. The summed E-state index contributed by atoms with van der Waals surface area (Å²) in [6.07, 6.45) is 3.77. The smallest absolute Gasteiger partial charge is 0.303 e. The molecule has 0 aliphatic carbocycles. The largest absolute Gasteiger partial charge is 0.481 e. The molecule has 0 amide bonds. The predicted octanol–water partition coefficient (Wildman–Crippen LogP) is 2.66. The van der Waals surface area contributed by atoms with Crippen molar-refractivity contribution < 1.29 is 9.90 Å². The monoisotopic (exact) mass is 217 g/mol. The van der Waals surface area contributed by atoms with E-state index in [2.05, 4.69) is 23.5 Å². The number of aromatic nitrogens is 1. The fourth-order valence-corrected chi connectivity index (χ4v) is 2.04. The molecule has 0 atom stereocenters. The number of aliphatic carboxylic acids is 1. The van der Waals surface area contributed by atoms with Crippen LogP contribution in [-0.4, -0.2) is 15.5 Å². The van der Waals surface area contributed by atoms with E-state index in [-0.39, 0.29) is 6.42 Å². The van der Waals surface area contributed by atoms with Gasteiger partial charge in [0.1, 0.15) is 0 Å². The Kier molecular flexibility index (Phi) is 2.95. The molecule has 1 N–H and O–H groups in total. The van der Waals surface area contributed by atoms with Crippen LogP contribution < -0.4 is 0 Å². The minimum absolute atomic E-state index is 0.236. The van der Waals surface area contributed by atoms with Gasteiger partial charge in [0, 0.05) is 23.8 Å². The third-order valence-corrected chi connectivity index (χ3v) is 2.81. The highest BCUT2D eigenvalue weighted by Crippen LogP contribution is 2.17. The van der Waals surface area contributed by atoms with Gasteiger partial charge >= 0.3 is 5.97 Å². The molecule has 0 radical (unpaired) electrons. The number of hydrogen-bond donors (Lipinski definition) is 1. The van der Waals surface area contributed by atoms with E-state index in [1.54, 1.807) is 0 Å². The lowest BCUT2D eigenvalue weighted by molar-refractivity contribution is -0.137. The van der Waals surface area contributed by atoms with Crippen molar-refractivity contribution in [2.45, 2.75) is 26.2 Å². The zero-order valence-corrected chi connectivity index (χ0v) is 9.31. The highest BCUT2D eigenvalue weighted by molar-refractivity contribution is 5.66. The zero-order valence-electron chi connectivity index (χ0n) is 9.31. The molecular formula is C13H15NO2. The lowest BCUT2D eigenvalue weighted by Gasteiger charge is -2.03. The first-order chi connectivity index (χ1) is 7.68. The van der Waals surface area contributed by atoms with Crippen molar-refractivity contribution in [1.29, 1.82) is 0 Å². The molecule has 0 bridgehead atoms. The van der Waals surface area contributed by atoms with E-state index in [0.717, 1.165) is 6.42 Å². The Morgan fingerprint density at radius 3 is 3.00 bits per heavy atom. The average molecular weight is 217 g/mol. The number of fused-ring (bicyclic) bond motifs is 1. The normalized spacial score (nSPS) is 10.8. The van der Waals surface area contributed by atoms with Gasteiger partial charge in [0.15, 0.2) is 0 Å². The molecule has 2 heterocycles. The van der Waals surface area contributed by atoms with Crippen molar-refractivity contribution in [3.8, 4) is 0 Å². The van der Waals surface area contributed by atoms with Crippen LogP contribution in [0.25, 0.3) is 5.52 Å². The van der Waals surface area contributed by atoms with Crippen LogP contribution in [0.1, 0.15) is 24.1 Å². The first-order valence-electron chi connectivity index (χ1n) is 5.46. The summed E-state index contributed by atoms with van der Waals surface area (Å²) >= 11 is 0. The highest BCUT2D eigenvalue weighted by Gasteiger charge is 2.06. The second-order valence-corrected chi connectivity index (χ2v) is 4.02. The van der Waals surface area contributed by atoms with Crippen LogP contribution >= 0.6 is 0 Å². The standard InChI is InChI=1S/C13H15NO2/c1-10-9-11-5-2-3-8-14(11)12(10)6-4-7-13(15)16/h2-3,5,8-9H,4,6-7H2,1H3,(H,15,16).